The number of carbonyl (C=O) groups excluding carboxylic acids is 1. The molecule has 1 aliphatic heterocycles. The van der Waals surface area contributed by atoms with Crippen LogP contribution in [0.4, 0.5) is 5.69 Å². The Kier molecular flexibility index (Phi) is 4.87. The maximum absolute atomic E-state index is 11.5. The van der Waals surface area contributed by atoms with Crippen molar-refractivity contribution >= 4 is 17.4 Å². The maximum atomic E-state index is 11.5. The Morgan fingerprint density at radius 2 is 2.12 bits per heavy atom. The van der Waals surface area contributed by atoms with E-state index in [1.165, 1.54) is 7.11 Å². The Balaban J connectivity index is 1.98. The first-order valence-corrected chi connectivity index (χ1v) is 8.72. The molecular weight excluding hydrogens is 330 g/mol. The summed E-state index contributed by atoms with van der Waals surface area (Å²) in [6.45, 7) is 6.14. The number of aryl methyl sites for hydroxylation is 1. The predicted molar refractivity (Wildman–Crippen MR) is 102 cm³/mol. The van der Waals surface area contributed by atoms with E-state index in [9.17, 15) is 9.90 Å². The highest BCUT2D eigenvalue weighted by Crippen LogP contribution is 2.40. The lowest BCUT2D eigenvalue weighted by atomic mass is 9.84. The van der Waals surface area contributed by atoms with Gasteiger partial charge in [-0.05, 0) is 29.5 Å². The maximum Gasteiger partial charge on any atom is 0.305 e. The van der Waals surface area contributed by atoms with Gasteiger partial charge in [0.15, 0.2) is 0 Å². The quantitative estimate of drug-likeness (QED) is 0.812. The molecule has 1 unspecified atom stereocenters. The Labute approximate surface area is 153 Å². The number of hydrazone groups is 1. The van der Waals surface area contributed by atoms with Crippen LogP contribution in [0.25, 0.3) is 0 Å². The molecule has 138 valence electrons. The van der Waals surface area contributed by atoms with Gasteiger partial charge in [0.05, 0.1) is 18.9 Å². The van der Waals surface area contributed by atoms with Crippen molar-refractivity contribution < 1.29 is 14.6 Å². The van der Waals surface area contributed by atoms with E-state index in [-0.39, 0.29) is 23.2 Å². The van der Waals surface area contributed by atoms with Crippen LogP contribution in [0.5, 0.6) is 5.75 Å². The number of hydrazine groups is 1. The van der Waals surface area contributed by atoms with Gasteiger partial charge in [-0.15, -0.1) is 0 Å². The van der Waals surface area contributed by atoms with Crippen molar-refractivity contribution in [3.8, 4) is 5.75 Å². The summed E-state index contributed by atoms with van der Waals surface area (Å²) < 4.78 is 4.74. The summed E-state index contributed by atoms with van der Waals surface area (Å²) in [6, 6.07) is 3.82. The average Bonchev–Trinajstić information content (AvgIpc) is 3.03. The molecule has 2 N–H and O–H groups in total. The SMILES string of the molecule is COC(=O)CCc1cc(N2N=C3C=CC=CC3N2)c(O)c(C(C)(C)C)c1. The summed E-state index contributed by atoms with van der Waals surface area (Å²) >= 11 is 0. The second-order valence-corrected chi connectivity index (χ2v) is 7.52. The first-order valence-electron chi connectivity index (χ1n) is 8.72. The van der Waals surface area contributed by atoms with E-state index in [2.05, 4.69) is 10.5 Å². The highest BCUT2D eigenvalue weighted by atomic mass is 16.5. The minimum atomic E-state index is -0.252. The van der Waals surface area contributed by atoms with Crippen LogP contribution in [0.1, 0.15) is 38.3 Å². The number of ether oxygens (including phenoxy) is 1. The zero-order valence-corrected chi connectivity index (χ0v) is 15.6. The van der Waals surface area contributed by atoms with Gasteiger partial charge in [0.1, 0.15) is 11.4 Å². The monoisotopic (exact) mass is 355 g/mol. The number of nitrogens with one attached hydrogen (secondary N) is 1. The number of rotatable bonds is 4. The molecule has 3 rings (SSSR count). The van der Waals surface area contributed by atoms with Gasteiger partial charge in [-0.25, -0.2) is 0 Å². The van der Waals surface area contributed by atoms with Gasteiger partial charge in [0, 0.05) is 12.0 Å². The van der Waals surface area contributed by atoms with E-state index in [1.807, 2.05) is 57.2 Å². The van der Waals surface area contributed by atoms with Gasteiger partial charge in [-0.2, -0.15) is 15.6 Å². The molecule has 6 heteroatoms. The molecule has 0 saturated carbocycles. The standard InChI is InChI=1S/C20H25N3O3/c1-20(2,3)14-11-13(9-10-18(24)26-4)12-17(19(14)25)23-21-15-7-5-6-8-16(15)22-23/h5-8,11-12,15,21,25H,9-10H2,1-4H3. The minimum Gasteiger partial charge on any atom is -0.505 e. The van der Waals surface area contributed by atoms with Crippen LogP contribution in [0.3, 0.4) is 0 Å². The van der Waals surface area contributed by atoms with Crippen molar-refractivity contribution in [2.45, 2.75) is 45.1 Å². The van der Waals surface area contributed by atoms with E-state index in [0.29, 0.717) is 18.5 Å². The lowest BCUT2D eigenvalue weighted by Crippen LogP contribution is -2.37. The number of anilines is 1. The van der Waals surface area contributed by atoms with E-state index in [0.717, 1.165) is 16.8 Å². The molecule has 26 heavy (non-hydrogen) atoms. The van der Waals surface area contributed by atoms with Crippen molar-refractivity contribution in [3.05, 3.63) is 47.6 Å². The van der Waals surface area contributed by atoms with Crippen LogP contribution in [0, 0.1) is 0 Å². The Bertz CT molecular complexity index is 803. The highest BCUT2D eigenvalue weighted by molar-refractivity contribution is 6.04. The number of fused-ring (bicyclic) bond motifs is 1. The number of hydrogen-bond acceptors (Lipinski definition) is 6. The first kappa shape index (κ1) is 18.2. The van der Waals surface area contributed by atoms with E-state index < -0.39 is 0 Å². The molecule has 0 aromatic heterocycles. The number of allylic oxidation sites excluding steroid dienone is 2. The summed E-state index contributed by atoms with van der Waals surface area (Å²) in [4.78, 5) is 11.5. The smallest absolute Gasteiger partial charge is 0.305 e. The lowest BCUT2D eigenvalue weighted by molar-refractivity contribution is -0.140. The summed E-state index contributed by atoms with van der Waals surface area (Å²) in [6.07, 6.45) is 8.69. The van der Waals surface area contributed by atoms with Gasteiger partial charge < -0.3 is 9.84 Å². The number of carbonyl (C=O) groups is 1. The van der Waals surface area contributed by atoms with Crippen molar-refractivity contribution in [2.24, 2.45) is 5.10 Å². The molecule has 2 aliphatic rings. The molecule has 0 saturated heterocycles. The zero-order chi connectivity index (χ0) is 18.9. The molecule has 1 aliphatic carbocycles. The van der Waals surface area contributed by atoms with Crippen LogP contribution in [-0.2, 0) is 21.4 Å². The minimum absolute atomic E-state index is 0.00351. The number of nitrogens with zero attached hydrogens (tertiary/aromatic N) is 2. The topological polar surface area (TPSA) is 74.2 Å². The molecule has 1 aromatic carbocycles. The number of esters is 1. The Hall–Kier alpha value is -2.60. The van der Waals surface area contributed by atoms with Gasteiger partial charge in [0.25, 0.3) is 0 Å². The van der Waals surface area contributed by atoms with Crippen molar-refractivity contribution in [1.82, 2.24) is 5.43 Å². The van der Waals surface area contributed by atoms with E-state index in [1.54, 1.807) is 5.12 Å². The van der Waals surface area contributed by atoms with E-state index >= 15 is 0 Å². The molecule has 1 aromatic rings. The predicted octanol–water partition coefficient (Wildman–Crippen LogP) is 2.97. The third-order valence-corrected chi connectivity index (χ3v) is 4.51. The first-order chi connectivity index (χ1) is 12.3. The molecular formula is C20H25N3O3. The van der Waals surface area contributed by atoms with Crippen LogP contribution in [-0.4, -0.2) is 29.9 Å². The number of phenols is 1. The average molecular weight is 355 g/mol. The number of benzene rings is 1. The van der Waals surface area contributed by atoms with Crippen molar-refractivity contribution in [2.75, 3.05) is 12.2 Å². The second-order valence-electron chi connectivity index (χ2n) is 7.52. The number of hydrogen-bond donors (Lipinski definition) is 2. The molecule has 0 bridgehead atoms. The number of methoxy groups -OCH3 is 1. The molecule has 6 nitrogen and oxygen atoms in total. The summed E-state index contributed by atoms with van der Waals surface area (Å²) in [5, 5.41) is 17.1. The third kappa shape index (κ3) is 3.65. The molecule has 0 fully saturated rings. The summed E-state index contributed by atoms with van der Waals surface area (Å²) in [5.74, 6) is -0.0551. The third-order valence-electron chi connectivity index (χ3n) is 4.51. The molecule has 0 radical (unpaired) electrons. The zero-order valence-electron chi connectivity index (χ0n) is 15.6. The fourth-order valence-corrected chi connectivity index (χ4v) is 3.04. The normalized spacial score (nSPS) is 18.7. The van der Waals surface area contributed by atoms with Gasteiger partial charge in [-0.1, -0.05) is 45.1 Å². The largest absolute Gasteiger partial charge is 0.505 e. The summed E-state index contributed by atoms with van der Waals surface area (Å²) in [5.41, 5.74) is 6.27. The fraction of sp³-hybridized carbons (Fsp3) is 0.400. The molecule has 1 atom stereocenters. The van der Waals surface area contributed by atoms with Crippen LogP contribution >= 0.6 is 0 Å². The Morgan fingerprint density at radius 3 is 2.77 bits per heavy atom. The molecule has 0 spiro atoms. The van der Waals surface area contributed by atoms with E-state index in [4.69, 9.17) is 4.74 Å². The lowest BCUT2D eigenvalue weighted by Gasteiger charge is -2.26. The Morgan fingerprint density at radius 1 is 1.35 bits per heavy atom. The van der Waals surface area contributed by atoms with Crippen LogP contribution in [0.2, 0.25) is 0 Å². The van der Waals surface area contributed by atoms with Crippen molar-refractivity contribution in [1.29, 1.82) is 0 Å². The number of phenolic OH excluding ortho intramolecular Hbond substituents is 1. The van der Waals surface area contributed by atoms with Crippen molar-refractivity contribution in [3.63, 3.8) is 0 Å². The van der Waals surface area contributed by atoms with Crippen LogP contribution < -0.4 is 10.5 Å². The second kappa shape index (κ2) is 6.96. The van der Waals surface area contributed by atoms with Crippen LogP contribution in [0.15, 0.2) is 41.5 Å². The molecule has 0 amide bonds. The number of aromatic hydroxyl groups is 1. The van der Waals surface area contributed by atoms with Gasteiger partial charge >= 0.3 is 5.97 Å². The molecule has 1 heterocycles. The fourth-order valence-electron chi connectivity index (χ4n) is 3.04. The van der Waals surface area contributed by atoms with Gasteiger partial charge in [-0.3, -0.25) is 4.79 Å². The highest BCUT2D eigenvalue weighted by Gasteiger charge is 2.29. The summed E-state index contributed by atoms with van der Waals surface area (Å²) in [7, 11) is 1.39. The van der Waals surface area contributed by atoms with Gasteiger partial charge in [0.2, 0.25) is 0 Å².